The topological polar surface area (TPSA) is 12.0 Å². The maximum atomic E-state index is 13.6. The van der Waals surface area contributed by atoms with Crippen LogP contribution in [-0.4, -0.2) is 13.6 Å². The zero-order valence-electron chi connectivity index (χ0n) is 9.02. The van der Waals surface area contributed by atoms with Crippen LogP contribution in [0.2, 0.25) is 0 Å². The number of nitrogens with one attached hydrogen (secondary N) is 1. The fourth-order valence-electron chi connectivity index (χ4n) is 3.29. The average Bonchev–Trinajstić information content (AvgIpc) is 2.77. The van der Waals surface area contributed by atoms with Crippen LogP contribution in [0.5, 0.6) is 0 Å². The molecule has 1 fully saturated rings. The van der Waals surface area contributed by atoms with E-state index >= 15 is 0 Å². The maximum Gasteiger partial charge on any atom is 0.126 e. The minimum atomic E-state index is -0.000479. The monoisotopic (exact) mass is 205 g/mol. The van der Waals surface area contributed by atoms with E-state index in [9.17, 15) is 4.39 Å². The molecule has 2 aliphatic carbocycles. The Morgan fingerprint density at radius 2 is 2.40 bits per heavy atom. The summed E-state index contributed by atoms with van der Waals surface area (Å²) in [6.45, 7) is 1.07. The van der Waals surface area contributed by atoms with Crippen molar-refractivity contribution in [2.45, 2.75) is 24.7 Å². The molecule has 2 aliphatic rings. The molecular formula is C13H16FN. The first-order valence-corrected chi connectivity index (χ1v) is 5.70. The van der Waals surface area contributed by atoms with Crippen molar-refractivity contribution in [3.63, 3.8) is 0 Å². The summed E-state index contributed by atoms with van der Waals surface area (Å²) in [5.74, 6) is 0.727. The van der Waals surface area contributed by atoms with Gasteiger partial charge < -0.3 is 5.32 Å². The molecule has 2 atom stereocenters. The second-order valence-corrected chi connectivity index (χ2v) is 4.88. The van der Waals surface area contributed by atoms with Crippen molar-refractivity contribution in [3.8, 4) is 0 Å². The van der Waals surface area contributed by atoms with E-state index in [4.69, 9.17) is 0 Å². The summed E-state index contributed by atoms with van der Waals surface area (Å²) < 4.78 is 13.6. The Bertz CT molecular complexity index is 402. The summed E-state index contributed by atoms with van der Waals surface area (Å²) in [5.41, 5.74) is 2.61. The van der Waals surface area contributed by atoms with Crippen molar-refractivity contribution >= 4 is 0 Å². The van der Waals surface area contributed by atoms with Crippen molar-refractivity contribution in [2.24, 2.45) is 5.92 Å². The smallest absolute Gasteiger partial charge is 0.126 e. The highest BCUT2D eigenvalue weighted by molar-refractivity contribution is 5.45. The number of rotatable bonds is 2. The summed E-state index contributed by atoms with van der Waals surface area (Å²) in [5, 5.41) is 3.23. The molecule has 1 N–H and O–H groups in total. The van der Waals surface area contributed by atoms with Gasteiger partial charge in [-0.3, -0.25) is 0 Å². The van der Waals surface area contributed by atoms with Crippen LogP contribution < -0.4 is 5.32 Å². The Hall–Kier alpha value is -0.890. The second-order valence-electron chi connectivity index (χ2n) is 4.88. The maximum absolute atomic E-state index is 13.6. The van der Waals surface area contributed by atoms with E-state index in [1.807, 2.05) is 13.1 Å². The first-order valence-electron chi connectivity index (χ1n) is 5.70. The largest absolute Gasteiger partial charge is 0.319 e. The second kappa shape index (κ2) is 3.05. The molecule has 80 valence electrons. The summed E-state index contributed by atoms with van der Waals surface area (Å²) >= 11 is 0. The summed E-state index contributed by atoms with van der Waals surface area (Å²) in [6.07, 6.45) is 3.32. The van der Waals surface area contributed by atoms with E-state index in [2.05, 4.69) is 11.4 Å². The molecular weight excluding hydrogens is 189 g/mol. The average molecular weight is 205 g/mol. The number of halogens is 1. The zero-order valence-corrected chi connectivity index (χ0v) is 9.02. The van der Waals surface area contributed by atoms with E-state index < -0.39 is 0 Å². The van der Waals surface area contributed by atoms with Crippen LogP contribution in [0.25, 0.3) is 0 Å². The van der Waals surface area contributed by atoms with Crippen LogP contribution >= 0.6 is 0 Å². The van der Waals surface area contributed by atoms with Crippen LogP contribution in [0.3, 0.4) is 0 Å². The van der Waals surface area contributed by atoms with E-state index in [0.717, 1.165) is 30.9 Å². The quantitative estimate of drug-likeness (QED) is 0.781. The predicted molar refractivity (Wildman–Crippen MR) is 58.4 cm³/mol. The molecule has 0 bridgehead atoms. The van der Waals surface area contributed by atoms with Crippen LogP contribution in [0.4, 0.5) is 4.39 Å². The van der Waals surface area contributed by atoms with E-state index in [1.54, 1.807) is 6.07 Å². The van der Waals surface area contributed by atoms with E-state index in [0.29, 0.717) is 5.41 Å². The van der Waals surface area contributed by atoms with Crippen molar-refractivity contribution in [3.05, 3.63) is 35.1 Å². The molecule has 1 spiro atoms. The molecule has 1 saturated carbocycles. The molecule has 0 radical (unpaired) electrons. The number of fused-ring (bicyclic) bond motifs is 2. The van der Waals surface area contributed by atoms with Crippen LogP contribution in [0.15, 0.2) is 18.2 Å². The van der Waals surface area contributed by atoms with Gasteiger partial charge in [0.15, 0.2) is 0 Å². The van der Waals surface area contributed by atoms with Gasteiger partial charge in [-0.1, -0.05) is 12.1 Å². The minimum Gasteiger partial charge on any atom is -0.319 e. The normalized spacial score (nSPS) is 32.0. The van der Waals surface area contributed by atoms with E-state index in [-0.39, 0.29) is 5.82 Å². The van der Waals surface area contributed by atoms with E-state index in [1.165, 1.54) is 12.0 Å². The van der Waals surface area contributed by atoms with Gasteiger partial charge in [0, 0.05) is 5.41 Å². The van der Waals surface area contributed by atoms with Crippen molar-refractivity contribution < 1.29 is 4.39 Å². The van der Waals surface area contributed by atoms with Gasteiger partial charge >= 0.3 is 0 Å². The molecule has 0 heterocycles. The standard InChI is InChI=1S/C13H16FN/c1-15-8-9-7-13(9)6-5-10-11(13)3-2-4-12(10)14/h2-4,9,15H,5-8H2,1H3. The Labute approximate surface area is 89.7 Å². The summed E-state index contributed by atoms with van der Waals surface area (Å²) in [6, 6.07) is 5.57. The lowest BCUT2D eigenvalue weighted by molar-refractivity contribution is 0.572. The molecule has 1 aromatic carbocycles. The van der Waals surface area contributed by atoms with Gasteiger partial charge in [0.25, 0.3) is 0 Å². The molecule has 2 heteroatoms. The highest BCUT2D eigenvalue weighted by Crippen LogP contribution is 2.61. The van der Waals surface area contributed by atoms with Crippen molar-refractivity contribution in [1.82, 2.24) is 5.32 Å². The highest BCUT2D eigenvalue weighted by Gasteiger charge is 2.57. The lowest BCUT2D eigenvalue weighted by Gasteiger charge is -2.11. The minimum absolute atomic E-state index is 0.000479. The van der Waals surface area contributed by atoms with Gasteiger partial charge in [0.05, 0.1) is 0 Å². The zero-order chi connectivity index (χ0) is 10.5. The summed E-state index contributed by atoms with van der Waals surface area (Å²) in [7, 11) is 1.99. The Kier molecular flexibility index (Phi) is 1.90. The summed E-state index contributed by atoms with van der Waals surface area (Å²) in [4.78, 5) is 0. The SMILES string of the molecule is CNCC1CC12CCc1c(F)cccc12. The third-order valence-electron chi connectivity index (χ3n) is 4.16. The van der Waals surface area contributed by atoms with Crippen LogP contribution in [0.1, 0.15) is 24.0 Å². The molecule has 2 unspecified atom stereocenters. The molecule has 0 aliphatic heterocycles. The molecule has 0 saturated heterocycles. The lowest BCUT2D eigenvalue weighted by atomic mass is 9.95. The molecule has 15 heavy (non-hydrogen) atoms. The van der Waals surface area contributed by atoms with Crippen LogP contribution in [-0.2, 0) is 11.8 Å². The fourth-order valence-corrected chi connectivity index (χ4v) is 3.29. The van der Waals surface area contributed by atoms with Crippen molar-refractivity contribution in [1.29, 1.82) is 0 Å². The number of hydrogen-bond donors (Lipinski definition) is 1. The molecule has 1 nitrogen and oxygen atoms in total. The first-order chi connectivity index (χ1) is 7.28. The fraction of sp³-hybridized carbons (Fsp3) is 0.538. The third-order valence-corrected chi connectivity index (χ3v) is 4.16. The van der Waals surface area contributed by atoms with Gasteiger partial charge in [-0.25, -0.2) is 4.39 Å². The number of benzene rings is 1. The predicted octanol–water partition coefficient (Wildman–Crippen LogP) is 2.25. The number of hydrogen-bond acceptors (Lipinski definition) is 1. The highest BCUT2D eigenvalue weighted by atomic mass is 19.1. The first kappa shape index (κ1) is 9.34. The molecule has 1 aromatic rings. The van der Waals surface area contributed by atoms with Crippen molar-refractivity contribution in [2.75, 3.05) is 13.6 Å². The lowest BCUT2D eigenvalue weighted by Crippen LogP contribution is -2.16. The van der Waals surface area contributed by atoms with Gasteiger partial charge in [-0.2, -0.15) is 0 Å². The van der Waals surface area contributed by atoms with Gasteiger partial charge in [-0.05, 0) is 56.0 Å². The Balaban J connectivity index is 1.97. The molecule has 0 aromatic heterocycles. The van der Waals surface area contributed by atoms with Gasteiger partial charge in [0.1, 0.15) is 5.82 Å². The Morgan fingerprint density at radius 3 is 3.20 bits per heavy atom. The third kappa shape index (κ3) is 1.18. The molecule has 0 amide bonds. The van der Waals surface area contributed by atoms with Crippen LogP contribution in [0, 0.1) is 11.7 Å². The van der Waals surface area contributed by atoms with Gasteiger partial charge in [0.2, 0.25) is 0 Å². The Morgan fingerprint density at radius 1 is 1.53 bits per heavy atom. The van der Waals surface area contributed by atoms with Gasteiger partial charge in [-0.15, -0.1) is 0 Å². The molecule has 3 rings (SSSR count).